The molecule has 0 spiro atoms. The van der Waals surface area contributed by atoms with E-state index in [0.717, 1.165) is 34.6 Å². The molecule has 0 aromatic carbocycles. The van der Waals surface area contributed by atoms with Crippen molar-refractivity contribution in [2.45, 2.75) is 32.5 Å². The summed E-state index contributed by atoms with van der Waals surface area (Å²) in [5.74, 6) is 0.557. The zero-order valence-corrected chi connectivity index (χ0v) is 11.7. The average Bonchev–Trinajstić information content (AvgIpc) is 2.85. The van der Waals surface area contributed by atoms with E-state index in [-0.39, 0.29) is 5.75 Å². The molecule has 0 amide bonds. The number of thioether (sulfide) groups is 1. The van der Waals surface area contributed by atoms with Gasteiger partial charge in [0, 0.05) is 5.56 Å². The molecule has 19 heavy (non-hydrogen) atoms. The zero-order valence-electron chi connectivity index (χ0n) is 10.9. The van der Waals surface area contributed by atoms with Gasteiger partial charge in [-0.3, -0.25) is 4.79 Å². The van der Waals surface area contributed by atoms with E-state index in [1.54, 1.807) is 0 Å². The second-order valence-electron chi connectivity index (χ2n) is 4.10. The molecule has 0 saturated carbocycles. The molecule has 0 unspecified atom stereocenters. The molecule has 7 nitrogen and oxygen atoms in total. The molecule has 0 bridgehead atoms. The van der Waals surface area contributed by atoms with Crippen LogP contribution in [0.1, 0.15) is 22.8 Å². The molecule has 2 aromatic heterocycles. The Morgan fingerprint density at radius 1 is 1.37 bits per heavy atom. The fourth-order valence-corrected chi connectivity index (χ4v) is 2.37. The predicted molar refractivity (Wildman–Crippen MR) is 68.2 cm³/mol. The number of aromatic nitrogens is 4. The van der Waals surface area contributed by atoms with Gasteiger partial charge in [-0.2, -0.15) is 0 Å². The van der Waals surface area contributed by atoms with Gasteiger partial charge < -0.3 is 14.2 Å². The molecule has 0 saturated heterocycles. The molecule has 2 heterocycles. The first-order valence-corrected chi connectivity index (χ1v) is 6.63. The van der Waals surface area contributed by atoms with Crippen LogP contribution in [0, 0.1) is 20.8 Å². The van der Waals surface area contributed by atoms with Crippen LogP contribution < -0.4 is 0 Å². The summed E-state index contributed by atoms with van der Waals surface area (Å²) >= 11 is 1.15. The third-order valence-electron chi connectivity index (χ3n) is 2.72. The molecular weight excluding hydrogens is 268 g/mol. The van der Waals surface area contributed by atoms with E-state index >= 15 is 0 Å². The molecule has 2 rings (SSSR count). The number of hydrogen-bond donors (Lipinski definition) is 1. The van der Waals surface area contributed by atoms with Crippen molar-refractivity contribution in [3.8, 4) is 0 Å². The second-order valence-corrected chi connectivity index (χ2v) is 5.04. The SMILES string of the molecule is Cc1noc(C)c1Cn1c(C)nnc1SCC(=O)O. The van der Waals surface area contributed by atoms with Gasteiger partial charge in [0.05, 0.1) is 18.0 Å². The highest BCUT2D eigenvalue weighted by molar-refractivity contribution is 7.99. The quantitative estimate of drug-likeness (QED) is 0.828. The fourth-order valence-electron chi connectivity index (χ4n) is 1.66. The molecule has 0 atom stereocenters. The van der Waals surface area contributed by atoms with Gasteiger partial charge in [0.15, 0.2) is 5.16 Å². The van der Waals surface area contributed by atoms with E-state index in [0.29, 0.717) is 11.7 Å². The van der Waals surface area contributed by atoms with Gasteiger partial charge in [0.25, 0.3) is 0 Å². The van der Waals surface area contributed by atoms with Crippen LogP contribution in [0.5, 0.6) is 0 Å². The van der Waals surface area contributed by atoms with Crippen LogP contribution in [0.2, 0.25) is 0 Å². The first kappa shape index (κ1) is 13.6. The van der Waals surface area contributed by atoms with Crippen LogP contribution in [-0.4, -0.2) is 36.7 Å². The van der Waals surface area contributed by atoms with Crippen LogP contribution in [-0.2, 0) is 11.3 Å². The molecule has 1 N–H and O–H groups in total. The zero-order chi connectivity index (χ0) is 14.0. The number of nitrogens with zero attached hydrogens (tertiary/aromatic N) is 4. The predicted octanol–water partition coefficient (Wildman–Crippen LogP) is 1.42. The van der Waals surface area contributed by atoms with Gasteiger partial charge in [-0.15, -0.1) is 10.2 Å². The van der Waals surface area contributed by atoms with Crippen molar-refractivity contribution < 1.29 is 14.4 Å². The maximum absolute atomic E-state index is 10.6. The normalized spacial score (nSPS) is 10.9. The number of carboxylic acid groups (broad SMARTS) is 1. The van der Waals surface area contributed by atoms with E-state index < -0.39 is 5.97 Å². The van der Waals surface area contributed by atoms with Crippen LogP contribution in [0.4, 0.5) is 0 Å². The minimum atomic E-state index is -0.880. The lowest BCUT2D eigenvalue weighted by Crippen LogP contribution is -2.07. The molecule has 2 aromatic rings. The smallest absolute Gasteiger partial charge is 0.313 e. The van der Waals surface area contributed by atoms with Gasteiger partial charge in [0.2, 0.25) is 0 Å². The Bertz CT molecular complexity index is 586. The summed E-state index contributed by atoms with van der Waals surface area (Å²) in [6.07, 6.45) is 0. The molecule has 0 fully saturated rings. The van der Waals surface area contributed by atoms with Crippen molar-refractivity contribution in [1.29, 1.82) is 0 Å². The molecule has 0 aliphatic heterocycles. The van der Waals surface area contributed by atoms with Crippen molar-refractivity contribution >= 4 is 17.7 Å². The standard InChI is InChI=1S/C11H14N4O3S/c1-6-9(7(2)18-14-6)4-15-8(3)12-13-11(15)19-5-10(16)17/h4-5H2,1-3H3,(H,16,17). The Morgan fingerprint density at radius 2 is 2.11 bits per heavy atom. The average molecular weight is 282 g/mol. The number of carbonyl (C=O) groups is 1. The number of aryl methyl sites for hydroxylation is 3. The lowest BCUT2D eigenvalue weighted by atomic mass is 10.2. The third kappa shape index (κ3) is 2.95. The molecule has 0 aliphatic rings. The first-order valence-electron chi connectivity index (χ1n) is 5.65. The second kappa shape index (κ2) is 5.43. The maximum atomic E-state index is 10.6. The van der Waals surface area contributed by atoms with Crippen molar-refractivity contribution in [2.24, 2.45) is 0 Å². The van der Waals surface area contributed by atoms with Crippen LogP contribution >= 0.6 is 11.8 Å². The highest BCUT2D eigenvalue weighted by Crippen LogP contribution is 2.21. The Kier molecular flexibility index (Phi) is 3.89. The minimum absolute atomic E-state index is 0.0419. The monoisotopic (exact) mass is 282 g/mol. The topological polar surface area (TPSA) is 94.0 Å². The molecular formula is C11H14N4O3S. The Morgan fingerprint density at radius 3 is 2.68 bits per heavy atom. The molecule has 8 heteroatoms. The summed E-state index contributed by atoms with van der Waals surface area (Å²) in [6.45, 7) is 6.08. The van der Waals surface area contributed by atoms with Crippen LogP contribution in [0.15, 0.2) is 9.68 Å². The van der Waals surface area contributed by atoms with Crippen molar-refractivity contribution in [2.75, 3.05) is 5.75 Å². The number of aliphatic carboxylic acids is 1. The van der Waals surface area contributed by atoms with Gasteiger partial charge >= 0.3 is 5.97 Å². The molecule has 0 aliphatic carbocycles. The summed E-state index contributed by atoms with van der Waals surface area (Å²) in [5.41, 5.74) is 1.79. The summed E-state index contributed by atoms with van der Waals surface area (Å²) in [7, 11) is 0. The van der Waals surface area contributed by atoms with E-state index in [4.69, 9.17) is 9.63 Å². The van der Waals surface area contributed by atoms with Crippen molar-refractivity contribution in [3.63, 3.8) is 0 Å². The van der Waals surface area contributed by atoms with Crippen LogP contribution in [0.25, 0.3) is 0 Å². The van der Waals surface area contributed by atoms with E-state index in [2.05, 4.69) is 15.4 Å². The largest absolute Gasteiger partial charge is 0.481 e. The molecule has 0 radical (unpaired) electrons. The van der Waals surface area contributed by atoms with Gasteiger partial charge in [-0.05, 0) is 20.8 Å². The Hall–Kier alpha value is -1.83. The van der Waals surface area contributed by atoms with Gasteiger partial charge in [-0.1, -0.05) is 16.9 Å². The Balaban J connectivity index is 2.24. The molecule has 102 valence electrons. The summed E-state index contributed by atoms with van der Waals surface area (Å²) in [4.78, 5) is 10.6. The lowest BCUT2D eigenvalue weighted by Gasteiger charge is -2.07. The lowest BCUT2D eigenvalue weighted by molar-refractivity contribution is -0.133. The third-order valence-corrected chi connectivity index (χ3v) is 3.68. The number of rotatable bonds is 5. The van der Waals surface area contributed by atoms with Crippen LogP contribution in [0.3, 0.4) is 0 Å². The van der Waals surface area contributed by atoms with E-state index in [1.165, 1.54) is 0 Å². The van der Waals surface area contributed by atoms with Crippen molar-refractivity contribution in [1.82, 2.24) is 19.9 Å². The number of hydrogen-bond acceptors (Lipinski definition) is 6. The van der Waals surface area contributed by atoms with Crippen molar-refractivity contribution in [3.05, 3.63) is 22.8 Å². The summed E-state index contributed by atoms with van der Waals surface area (Å²) in [6, 6.07) is 0. The highest BCUT2D eigenvalue weighted by atomic mass is 32.2. The minimum Gasteiger partial charge on any atom is -0.481 e. The first-order chi connectivity index (χ1) is 8.99. The highest BCUT2D eigenvalue weighted by Gasteiger charge is 2.16. The Labute approximate surface area is 114 Å². The van der Waals surface area contributed by atoms with E-state index in [1.807, 2.05) is 25.3 Å². The van der Waals surface area contributed by atoms with Gasteiger partial charge in [0.1, 0.15) is 11.6 Å². The number of carboxylic acids is 1. The summed E-state index contributed by atoms with van der Waals surface area (Å²) < 4.78 is 6.98. The summed E-state index contributed by atoms with van der Waals surface area (Å²) in [5, 5.41) is 21.2. The van der Waals surface area contributed by atoms with Gasteiger partial charge in [-0.25, -0.2) is 0 Å². The maximum Gasteiger partial charge on any atom is 0.313 e. The van der Waals surface area contributed by atoms with E-state index in [9.17, 15) is 4.79 Å². The fraction of sp³-hybridized carbons (Fsp3) is 0.455.